The molecule has 0 spiro atoms. The highest BCUT2D eigenvalue weighted by Crippen LogP contribution is 2.29. The maximum Gasteiger partial charge on any atom is 0.410 e. The number of aryl methyl sites for hydroxylation is 1. The van der Waals surface area contributed by atoms with E-state index in [4.69, 9.17) is 22.1 Å². The molecule has 1 atom stereocenters. The van der Waals surface area contributed by atoms with Crippen LogP contribution in [-0.2, 0) is 22.4 Å². The number of fused-ring (bicyclic) bond motifs is 1. The van der Waals surface area contributed by atoms with Crippen LogP contribution in [0.5, 0.6) is 0 Å². The molecule has 3 N–H and O–H groups in total. The molecule has 5 heterocycles. The van der Waals surface area contributed by atoms with E-state index in [9.17, 15) is 14.4 Å². The molecule has 0 saturated carbocycles. The zero-order valence-electron chi connectivity index (χ0n) is 26.1. The minimum Gasteiger partial charge on any atom is -0.436 e. The highest BCUT2D eigenvalue weighted by molar-refractivity contribution is 7.08. The quantitative estimate of drug-likeness (QED) is 0.405. The summed E-state index contributed by atoms with van der Waals surface area (Å²) in [4.78, 5) is 48.5. The first-order valence-corrected chi connectivity index (χ1v) is 17.7. The molecule has 0 unspecified atom stereocenters. The Hall–Kier alpha value is -3.02. The summed E-state index contributed by atoms with van der Waals surface area (Å²) in [6, 6.07) is 4.14. The number of hydrogen-bond donors (Lipinski definition) is 2. The Morgan fingerprint density at radius 3 is 2.38 bits per heavy atom. The van der Waals surface area contributed by atoms with Crippen LogP contribution in [0.25, 0.3) is 0 Å². The van der Waals surface area contributed by atoms with Gasteiger partial charge in [-0.2, -0.15) is 0 Å². The minimum atomic E-state index is -0.962. The van der Waals surface area contributed by atoms with Crippen molar-refractivity contribution in [2.45, 2.75) is 82.9 Å². The summed E-state index contributed by atoms with van der Waals surface area (Å²) >= 11 is 7.99. The third-order valence-corrected chi connectivity index (χ3v) is 11.2. The van der Waals surface area contributed by atoms with Gasteiger partial charge in [0.05, 0.1) is 16.4 Å². The van der Waals surface area contributed by atoms with Gasteiger partial charge in [-0.05, 0) is 93.1 Å². The lowest BCUT2D eigenvalue weighted by Gasteiger charge is -2.41. The summed E-state index contributed by atoms with van der Waals surface area (Å²) in [5, 5.41) is 7.53. The molecule has 0 bridgehead atoms. The first-order valence-electron chi connectivity index (χ1n) is 16.4. The van der Waals surface area contributed by atoms with E-state index in [-0.39, 0.29) is 24.4 Å². The molecule has 0 radical (unpaired) electrons. The molecule has 4 amide bonds. The molecular weight excluding hydrogens is 612 g/mol. The van der Waals surface area contributed by atoms with Crippen LogP contribution in [-0.4, -0.2) is 102 Å². The predicted octanol–water partition coefficient (Wildman–Crippen LogP) is 5.37. The fourth-order valence-electron chi connectivity index (χ4n) is 7.34. The second kappa shape index (κ2) is 14.2. The van der Waals surface area contributed by atoms with Gasteiger partial charge in [0.1, 0.15) is 0 Å². The van der Waals surface area contributed by atoms with E-state index in [0.717, 1.165) is 49.2 Å². The molecular formula is C33H45ClN6O4S. The summed E-state index contributed by atoms with van der Waals surface area (Å²) in [7, 11) is 0. The van der Waals surface area contributed by atoms with Crippen molar-refractivity contribution in [2.24, 2.45) is 0 Å². The maximum absolute atomic E-state index is 13.9. The van der Waals surface area contributed by atoms with Gasteiger partial charge in [0.25, 0.3) is 5.91 Å². The normalized spacial score (nSPS) is 21.2. The first-order chi connectivity index (χ1) is 21.8. The number of benzene rings is 1. The van der Waals surface area contributed by atoms with Gasteiger partial charge in [0.2, 0.25) is 0 Å². The Bertz CT molecular complexity index is 1360. The SMILES string of the molecule is Cc1cc(C[C@@H](OC(=O)N2CCC(N3CCc4cscc4NC3=O)CC2)C(=O)N2CCC(N3CCCCC3)CC2)cc(Cl)c1N. The lowest BCUT2D eigenvalue weighted by molar-refractivity contribution is -0.142. The fraction of sp³-hybridized carbons (Fsp3) is 0.606. The van der Waals surface area contributed by atoms with Crippen molar-refractivity contribution in [1.29, 1.82) is 0 Å². The van der Waals surface area contributed by atoms with Crippen molar-refractivity contribution in [2.75, 3.05) is 56.9 Å². The van der Waals surface area contributed by atoms with Gasteiger partial charge in [-0.25, -0.2) is 9.59 Å². The number of hydrogen-bond acceptors (Lipinski definition) is 7. The molecule has 45 heavy (non-hydrogen) atoms. The van der Waals surface area contributed by atoms with E-state index in [1.54, 1.807) is 22.3 Å². The van der Waals surface area contributed by atoms with E-state index in [1.165, 1.54) is 24.8 Å². The number of ether oxygens (including phenoxy) is 1. The number of anilines is 2. The summed E-state index contributed by atoms with van der Waals surface area (Å²) in [6.45, 7) is 7.06. The number of nitrogens with two attached hydrogens (primary N) is 1. The number of carbonyl (C=O) groups excluding carboxylic acids is 3. The van der Waals surface area contributed by atoms with Crippen LogP contribution >= 0.6 is 22.9 Å². The largest absolute Gasteiger partial charge is 0.436 e. The monoisotopic (exact) mass is 656 g/mol. The van der Waals surface area contributed by atoms with Crippen molar-refractivity contribution in [1.82, 2.24) is 19.6 Å². The van der Waals surface area contributed by atoms with Gasteiger partial charge in [-0.3, -0.25) is 4.79 Å². The summed E-state index contributed by atoms with van der Waals surface area (Å²) in [5.41, 5.74) is 10.3. The molecule has 4 aliphatic heterocycles. The van der Waals surface area contributed by atoms with E-state index >= 15 is 0 Å². The standard InChI is InChI=1S/C33H45ClN6O4S/c1-22-17-23(18-27(34)30(22)35)19-29(31(41)38-12-6-25(7-13-38)37-10-3-2-4-11-37)44-33(43)39-14-8-26(9-15-39)40-16-5-24-20-45-21-28(24)36-32(40)42/h17-18,20-21,25-26,29H,2-16,19,35H2,1H3,(H,36,42)/t29-/m1/s1. The second-order valence-corrected chi connectivity index (χ2v) is 14.1. The number of rotatable bonds is 6. The third-order valence-electron chi connectivity index (χ3n) is 10.0. The number of thiophene rings is 1. The van der Waals surface area contributed by atoms with Crippen molar-refractivity contribution in [3.63, 3.8) is 0 Å². The molecule has 1 aromatic heterocycles. The zero-order chi connectivity index (χ0) is 31.5. The number of nitrogens with zero attached hydrogens (tertiary/aromatic N) is 4. The number of likely N-dealkylation sites (tertiary alicyclic amines) is 3. The van der Waals surface area contributed by atoms with Crippen molar-refractivity contribution < 1.29 is 19.1 Å². The number of amides is 4. The zero-order valence-corrected chi connectivity index (χ0v) is 27.7. The Balaban J connectivity index is 1.09. The van der Waals surface area contributed by atoms with E-state index in [0.29, 0.717) is 62.3 Å². The summed E-state index contributed by atoms with van der Waals surface area (Å²) in [6.07, 6.45) is 6.57. The smallest absolute Gasteiger partial charge is 0.410 e. The molecule has 0 aliphatic carbocycles. The Kier molecular flexibility index (Phi) is 10.1. The van der Waals surface area contributed by atoms with Gasteiger partial charge in [-0.15, -0.1) is 11.3 Å². The molecule has 1 aromatic carbocycles. The summed E-state index contributed by atoms with van der Waals surface area (Å²) in [5.74, 6) is -0.158. The number of nitrogens with one attached hydrogen (secondary N) is 1. The second-order valence-electron chi connectivity index (χ2n) is 12.9. The van der Waals surface area contributed by atoms with Gasteiger partial charge in [-0.1, -0.05) is 24.1 Å². The van der Waals surface area contributed by atoms with Gasteiger partial charge in [0.15, 0.2) is 6.10 Å². The van der Waals surface area contributed by atoms with Crippen molar-refractivity contribution in [3.05, 3.63) is 44.6 Å². The Labute approximate surface area is 274 Å². The lowest BCUT2D eigenvalue weighted by Crippen LogP contribution is -2.53. The van der Waals surface area contributed by atoms with Gasteiger partial charge >= 0.3 is 12.1 Å². The van der Waals surface area contributed by atoms with Crippen LogP contribution < -0.4 is 11.1 Å². The van der Waals surface area contributed by atoms with Crippen LogP contribution in [0.1, 0.15) is 61.6 Å². The summed E-state index contributed by atoms with van der Waals surface area (Å²) < 4.78 is 6.04. The van der Waals surface area contributed by atoms with Gasteiger partial charge < -0.3 is 35.4 Å². The molecule has 10 nitrogen and oxygen atoms in total. The average molecular weight is 657 g/mol. The number of piperidine rings is 3. The van der Waals surface area contributed by atoms with E-state index < -0.39 is 12.2 Å². The molecule has 3 fully saturated rings. The number of nitrogen functional groups attached to an aromatic ring is 1. The number of urea groups is 1. The van der Waals surface area contributed by atoms with E-state index in [2.05, 4.69) is 15.6 Å². The Morgan fingerprint density at radius 1 is 0.978 bits per heavy atom. The third kappa shape index (κ3) is 7.36. The lowest BCUT2D eigenvalue weighted by atomic mass is 9.98. The highest BCUT2D eigenvalue weighted by atomic mass is 35.5. The topological polar surface area (TPSA) is 111 Å². The van der Waals surface area contributed by atoms with E-state index in [1.807, 2.05) is 28.2 Å². The van der Waals surface area contributed by atoms with Crippen LogP contribution in [0.15, 0.2) is 22.9 Å². The minimum absolute atomic E-state index is 0.0419. The highest BCUT2D eigenvalue weighted by Gasteiger charge is 2.36. The molecule has 12 heteroatoms. The van der Waals surface area contributed by atoms with Crippen LogP contribution in [0, 0.1) is 6.92 Å². The maximum atomic E-state index is 13.9. The fourth-order valence-corrected chi connectivity index (χ4v) is 8.45. The van der Waals surface area contributed by atoms with Crippen LogP contribution in [0.3, 0.4) is 0 Å². The van der Waals surface area contributed by atoms with Crippen molar-refractivity contribution >= 4 is 52.3 Å². The van der Waals surface area contributed by atoms with Crippen LogP contribution in [0.4, 0.5) is 21.0 Å². The molecule has 244 valence electrons. The average Bonchev–Trinajstić information content (AvgIpc) is 3.43. The van der Waals surface area contributed by atoms with Gasteiger partial charge in [0, 0.05) is 56.6 Å². The Morgan fingerprint density at radius 2 is 1.67 bits per heavy atom. The van der Waals surface area contributed by atoms with Crippen LogP contribution in [0.2, 0.25) is 5.02 Å². The molecule has 4 aliphatic rings. The number of carbonyl (C=O) groups is 3. The first kappa shape index (κ1) is 31.9. The van der Waals surface area contributed by atoms with Crippen molar-refractivity contribution in [3.8, 4) is 0 Å². The number of halogens is 1. The molecule has 6 rings (SSSR count). The predicted molar refractivity (Wildman–Crippen MR) is 178 cm³/mol. The molecule has 2 aromatic rings. The molecule has 3 saturated heterocycles.